The molecule has 0 atom stereocenters. The van der Waals surface area contributed by atoms with Crippen LogP contribution in [0.5, 0.6) is 5.75 Å². The molecule has 1 aliphatic heterocycles. The summed E-state index contributed by atoms with van der Waals surface area (Å²) in [4.78, 5) is 38.9. The van der Waals surface area contributed by atoms with Crippen LogP contribution >= 0.6 is 0 Å². The van der Waals surface area contributed by atoms with Crippen molar-refractivity contribution in [3.05, 3.63) is 59.9 Å². The lowest BCUT2D eigenvalue weighted by Gasteiger charge is -2.34. The molecule has 1 aromatic carbocycles. The maximum absolute atomic E-state index is 12.4. The summed E-state index contributed by atoms with van der Waals surface area (Å²) >= 11 is 0. The number of hydrogen-bond donors (Lipinski definition) is 2. The predicted molar refractivity (Wildman–Crippen MR) is 108 cm³/mol. The molecule has 2 aromatic rings. The largest absolute Gasteiger partial charge is 0.494 e. The van der Waals surface area contributed by atoms with Crippen LogP contribution in [0.2, 0.25) is 0 Å². The van der Waals surface area contributed by atoms with Gasteiger partial charge >= 0.3 is 11.9 Å². The topological polar surface area (TPSA) is 120 Å². The Labute approximate surface area is 174 Å². The minimum absolute atomic E-state index is 0.0955. The molecular formula is C21H25N3O6. The Balaban J connectivity index is 0.000000469. The molecule has 0 spiro atoms. The lowest BCUT2D eigenvalue weighted by molar-refractivity contribution is -0.159. The first kappa shape index (κ1) is 22.8. The number of carboxylic acid groups (broad SMARTS) is 2. The third-order valence-electron chi connectivity index (χ3n) is 4.41. The van der Waals surface area contributed by atoms with Crippen molar-refractivity contribution in [1.82, 2.24) is 14.8 Å². The van der Waals surface area contributed by atoms with Gasteiger partial charge in [-0.1, -0.05) is 12.1 Å². The van der Waals surface area contributed by atoms with Crippen molar-refractivity contribution in [2.45, 2.75) is 13.5 Å². The molecule has 1 fully saturated rings. The number of pyridine rings is 1. The van der Waals surface area contributed by atoms with E-state index in [-0.39, 0.29) is 5.91 Å². The number of nitrogens with zero attached hydrogens (tertiary/aromatic N) is 3. The van der Waals surface area contributed by atoms with Crippen LogP contribution in [0.25, 0.3) is 0 Å². The highest BCUT2D eigenvalue weighted by molar-refractivity contribution is 6.27. The minimum atomic E-state index is -1.82. The summed E-state index contributed by atoms with van der Waals surface area (Å²) < 4.78 is 5.47. The molecule has 0 bridgehead atoms. The summed E-state index contributed by atoms with van der Waals surface area (Å²) in [6.45, 7) is 6.89. The van der Waals surface area contributed by atoms with Gasteiger partial charge in [-0.25, -0.2) is 9.59 Å². The van der Waals surface area contributed by atoms with Gasteiger partial charge in [-0.3, -0.25) is 14.7 Å². The molecule has 9 heteroatoms. The zero-order valence-electron chi connectivity index (χ0n) is 16.7. The normalized spacial score (nSPS) is 13.7. The van der Waals surface area contributed by atoms with E-state index in [1.165, 1.54) is 5.56 Å². The standard InChI is InChI=1S/C19H23N3O2.C2H2O4/c1-2-24-18-5-3-16(4-6-18)15-21-11-13-22(14-12-21)19(23)17-7-9-20-10-8-17;3-1(4)2(5)6/h3-10H,2,11-15H2,1H3;(H,3,4)(H,5,6). The smallest absolute Gasteiger partial charge is 0.414 e. The number of carbonyl (C=O) groups excluding carboxylic acids is 1. The summed E-state index contributed by atoms with van der Waals surface area (Å²) in [5, 5.41) is 14.8. The van der Waals surface area contributed by atoms with E-state index in [1.54, 1.807) is 24.5 Å². The number of carbonyl (C=O) groups is 3. The van der Waals surface area contributed by atoms with Gasteiger partial charge in [-0.15, -0.1) is 0 Å². The van der Waals surface area contributed by atoms with Gasteiger partial charge in [0.2, 0.25) is 0 Å². The highest BCUT2D eigenvalue weighted by Gasteiger charge is 2.22. The summed E-state index contributed by atoms with van der Waals surface area (Å²) in [6, 6.07) is 11.8. The summed E-state index contributed by atoms with van der Waals surface area (Å²) in [6.07, 6.45) is 3.32. The van der Waals surface area contributed by atoms with Gasteiger partial charge in [0.1, 0.15) is 5.75 Å². The van der Waals surface area contributed by atoms with Crippen molar-refractivity contribution >= 4 is 17.8 Å². The van der Waals surface area contributed by atoms with Gasteiger partial charge in [0.15, 0.2) is 0 Å². The average molecular weight is 415 g/mol. The van der Waals surface area contributed by atoms with Crippen molar-refractivity contribution < 1.29 is 29.3 Å². The first-order valence-corrected chi connectivity index (χ1v) is 9.50. The zero-order valence-corrected chi connectivity index (χ0v) is 16.7. The third-order valence-corrected chi connectivity index (χ3v) is 4.41. The van der Waals surface area contributed by atoms with E-state index in [4.69, 9.17) is 24.5 Å². The fourth-order valence-corrected chi connectivity index (χ4v) is 2.90. The first-order valence-electron chi connectivity index (χ1n) is 9.50. The minimum Gasteiger partial charge on any atom is -0.494 e. The van der Waals surface area contributed by atoms with Gasteiger partial charge in [-0.2, -0.15) is 0 Å². The van der Waals surface area contributed by atoms with Crippen LogP contribution in [-0.2, 0) is 16.1 Å². The molecule has 0 radical (unpaired) electrons. The molecule has 3 rings (SSSR count). The lowest BCUT2D eigenvalue weighted by Crippen LogP contribution is -2.48. The highest BCUT2D eigenvalue weighted by Crippen LogP contribution is 2.15. The highest BCUT2D eigenvalue weighted by atomic mass is 16.5. The van der Waals surface area contributed by atoms with Gasteiger partial charge < -0.3 is 19.8 Å². The molecule has 1 amide bonds. The lowest BCUT2D eigenvalue weighted by atomic mass is 10.1. The molecule has 160 valence electrons. The molecule has 2 heterocycles. The Morgan fingerprint density at radius 1 is 0.933 bits per heavy atom. The number of benzene rings is 1. The molecule has 1 aliphatic rings. The number of amides is 1. The summed E-state index contributed by atoms with van der Waals surface area (Å²) in [5.74, 6) is -2.64. The van der Waals surface area contributed by atoms with Crippen molar-refractivity contribution in [3.63, 3.8) is 0 Å². The Morgan fingerprint density at radius 3 is 2.00 bits per heavy atom. The summed E-state index contributed by atoms with van der Waals surface area (Å²) in [5.41, 5.74) is 1.98. The quantitative estimate of drug-likeness (QED) is 0.707. The van der Waals surface area contributed by atoms with E-state index in [0.29, 0.717) is 12.2 Å². The Kier molecular flexibility index (Phi) is 8.76. The number of aliphatic carboxylic acids is 2. The second kappa shape index (κ2) is 11.5. The van der Waals surface area contributed by atoms with Crippen LogP contribution < -0.4 is 4.74 Å². The molecule has 2 N–H and O–H groups in total. The second-order valence-electron chi connectivity index (χ2n) is 6.49. The fraction of sp³-hybridized carbons (Fsp3) is 0.333. The number of carboxylic acids is 2. The van der Waals surface area contributed by atoms with Crippen LogP contribution in [0, 0.1) is 0 Å². The van der Waals surface area contributed by atoms with Crippen LogP contribution in [0.3, 0.4) is 0 Å². The Hall–Kier alpha value is -3.46. The van der Waals surface area contributed by atoms with Crippen molar-refractivity contribution in [2.24, 2.45) is 0 Å². The zero-order chi connectivity index (χ0) is 21.9. The van der Waals surface area contributed by atoms with Gasteiger partial charge in [0, 0.05) is 50.7 Å². The van der Waals surface area contributed by atoms with Crippen LogP contribution in [0.15, 0.2) is 48.8 Å². The van der Waals surface area contributed by atoms with Gasteiger partial charge in [0.25, 0.3) is 5.91 Å². The van der Waals surface area contributed by atoms with Crippen LogP contribution in [0.1, 0.15) is 22.8 Å². The molecule has 0 aliphatic carbocycles. The van der Waals surface area contributed by atoms with E-state index in [0.717, 1.165) is 38.5 Å². The van der Waals surface area contributed by atoms with Gasteiger partial charge in [-0.05, 0) is 36.8 Å². The van der Waals surface area contributed by atoms with Gasteiger partial charge in [0.05, 0.1) is 6.61 Å². The van der Waals surface area contributed by atoms with Crippen molar-refractivity contribution in [1.29, 1.82) is 0 Å². The SMILES string of the molecule is CCOc1ccc(CN2CCN(C(=O)c3ccncc3)CC2)cc1.O=C(O)C(=O)O. The number of aromatic nitrogens is 1. The van der Waals surface area contributed by atoms with Crippen molar-refractivity contribution in [3.8, 4) is 5.75 Å². The maximum Gasteiger partial charge on any atom is 0.414 e. The number of piperazine rings is 1. The predicted octanol–water partition coefficient (Wildman–Crippen LogP) is 1.59. The van der Waals surface area contributed by atoms with E-state index >= 15 is 0 Å². The molecule has 1 saturated heterocycles. The molecule has 9 nitrogen and oxygen atoms in total. The van der Waals surface area contributed by atoms with E-state index in [9.17, 15) is 4.79 Å². The Bertz CT molecular complexity index is 822. The maximum atomic E-state index is 12.4. The number of ether oxygens (including phenoxy) is 1. The summed E-state index contributed by atoms with van der Waals surface area (Å²) in [7, 11) is 0. The van der Waals surface area contributed by atoms with Crippen LogP contribution in [-0.4, -0.2) is 75.6 Å². The molecule has 30 heavy (non-hydrogen) atoms. The molecule has 0 saturated carbocycles. The average Bonchev–Trinajstić information content (AvgIpc) is 2.76. The number of rotatable bonds is 5. The fourth-order valence-electron chi connectivity index (χ4n) is 2.90. The monoisotopic (exact) mass is 415 g/mol. The molecule has 0 unspecified atom stereocenters. The molecule has 1 aromatic heterocycles. The molecular weight excluding hydrogens is 390 g/mol. The Morgan fingerprint density at radius 2 is 1.50 bits per heavy atom. The van der Waals surface area contributed by atoms with Crippen LogP contribution in [0.4, 0.5) is 0 Å². The van der Waals surface area contributed by atoms with E-state index < -0.39 is 11.9 Å². The van der Waals surface area contributed by atoms with E-state index in [1.807, 2.05) is 24.0 Å². The second-order valence-corrected chi connectivity index (χ2v) is 6.49. The third kappa shape index (κ3) is 7.17. The van der Waals surface area contributed by atoms with E-state index in [2.05, 4.69) is 22.0 Å². The number of hydrogen-bond acceptors (Lipinski definition) is 6. The van der Waals surface area contributed by atoms with Crippen molar-refractivity contribution in [2.75, 3.05) is 32.8 Å². The first-order chi connectivity index (χ1) is 14.4.